The normalized spacial score (nSPS) is 12.1. The van der Waals surface area contributed by atoms with Crippen LogP contribution in [0.5, 0.6) is 0 Å². The van der Waals surface area contributed by atoms with Gasteiger partial charge in [0.2, 0.25) is 0 Å². The van der Waals surface area contributed by atoms with Crippen LogP contribution in [0.4, 0.5) is 0 Å². The van der Waals surface area contributed by atoms with Gasteiger partial charge in [-0.15, -0.1) is 11.3 Å². The minimum atomic E-state index is -0.283. The lowest BCUT2D eigenvalue weighted by atomic mass is 9.95. The number of carbonyl (C=O) groups excluding carboxylic acids is 2. The van der Waals surface area contributed by atoms with Crippen molar-refractivity contribution in [2.24, 2.45) is 5.92 Å². The number of rotatable bonds is 5. The number of hydrogen-bond acceptors (Lipinski definition) is 3. The van der Waals surface area contributed by atoms with Crippen LogP contribution in [0.15, 0.2) is 46.3 Å². The summed E-state index contributed by atoms with van der Waals surface area (Å²) in [4.78, 5) is 24.9. The smallest absolute Gasteiger partial charge is 0.176 e. The van der Waals surface area contributed by atoms with E-state index in [0.29, 0.717) is 5.56 Å². The molecule has 2 aromatic rings. The average molecular weight is 337 g/mol. The van der Waals surface area contributed by atoms with Crippen LogP contribution in [-0.2, 0) is 0 Å². The van der Waals surface area contributed by atoms with Crippen molar-refractivity contribution >= 4 is 38.8 Å². The molecule has 0 fully saturated rings. The van der Waals surface area contributed by atoms with Gasteiger partial charge in [0, 0.05) is 22.4 Å². The fraction of sp³-hybridized carbons (Fsp3) is 0.200. The number of halogens is 1. The van der Waals surface area contributed by atoms with Gasteiger partial charge in [-0.3, -0.25) is 9.59 Å². The maximum atomic E-state index is 12.1. The minimum absolute atomic E-state index is 0.00454. The first-order chi connectivity index (χ1) is 9.08. The molecule has 0 aliphatic heterocycles. The highest BCUT2D eigenvalue weighted by Gasteiger charge is 2.20. The average Bonchev–Trinajstić information content (AvgIpc) is 2.92. The van der Waals surface area contributed by atoms with Crippen molar-refractivity contribution < 1.29 is 9.59 Å². The van der Waals surface area contributed by atoms with E-state index in [1.165, 1.54) is 11.3 Å². The van der Waals surface area contributed by atoms with Gasteiger partial charge in [-0.25, -0.2) is 0 Å². The quantitative estimate of drug-likeness (QED) is 0.747. The van der Waals surface area contributed by atoms with Gasteiger partial charge in [-0.2, -0.15) is 0 Å². The minimum Gasteiger partial charge on any atom is -0.294 e. The standard InChI is InChI=1S/C15H13BrO2S/c1-10(15(18)14-3-2-8-19-14)9-13(17)11-4-6-12(16)7-5-11/h2-8,10H,9H2,1H3. The molecule has 1 heterocycles. The van der Waals surface area contributed by atoms with Crippen LogP contribution < -0.4 is 0 Å². The number of Topliss-reactive ketones (excluding diaryl/α,β-unsaturated/α-hetero) is 2. The molecular weight excluding hydrogens is 324 g/mol. The molecule has 0 N–H and O–H groups in total. The van der Waals surface area contributed by atoms with Crippen molar-refractivity contribution in [3.63, 3.8) is 0 Å². The zero-order valence-electron chi connectivity index (χ0n) is 10.4. The lowest BCUT2D eigenvalue weighted by Crippen LogP contribution is -2.15. The van der Waals surface area contributed by atoms with Crippen LogP contribution in [0, 0.1) is 5.92 Å². The van der Waals surface area contributed by atoms with Crippen molar-refractivity contribution in [3.05, 3.63) is 56.7 Å². The van der Waals surface area contributed by atoms with Gasteiger partial charge < -0.3 is 0 Å². The van der Waals surface area contributed by atoms with E-state index in [2.05, 4.69) is 15.9 Å². The highest BCUT2D eigenvalue weighted by Crippen LogP contribution is 2.19. The summed E-state index contributed by atoms with van der Waals surface area (Å²) in [6, 6.07) is 10.9. The molecule has 1 unspecified atom stereocenters. The second-order valence-electron chi connectivity index (χ2n) is 4.38. The van der Waals surface area contributed by atoms with Crippen LogP contribution in [0.2, 0.25) is 0 Å². The lowest BCUT2D eigenvalue weighted by molar-refractivity contribution is 0.0866. The molecule has 0 saturated heterocycles. The second kappa shape index (κ2) is 6.26. The molecule has 1 aromatic heterocycles. The van der Waals surface area contributed by atoms with Crippen LogP contribution in [-0.4, -0.2) is 11.6 Å². The second-order valence-corrected chi connectivity index (χ2v) is 6.24. The first kappa shape index (κ1) is 14.2. The molecule has 0 aliphatic rings. The molecule has 2 nitrogen and oxygen atoms in total. The third-order valence-corrected chi connectivity index (χ3v) is 4.28. The van der Waals surface area contributed by atoms with Crippen molar-refractivity contribution in [1.29, 1.82) is 0 Å². The van der Waals surface area contributed by atoms with E-state index in [9.17, 15) is 9.59 Å². The van der Waals surface area contributed by atoms with Crippen molar-refractivity contribution in [2.75, 3.05) is 0 Å². The molecular formula is C15H13BrO2S. The van der Waals surface area contributed by atoms with E-state index in [1.807, 2.05) is 23.6 Å². The summed E-state index contributed by atoms with van der Waals surface area (Å²) in [6.07, 6.45) is 0.248. The number of carbonyl (C=O) groups is 2. The van der Waals surface area contributed by atoms with Crippen molar-refractivity contribution in [1.82, 2.24) is 0 Å². The van der Waals surface area contributed by atoms with Gasteiger partial charge in [0.1, 0.15) is 0 Å². The van der Waals surface area contributed by atoms with Gasteiger partial charge >= 0.3 is 0 Å². The largest absolute Gasteiger partial charge is 0.294 e. The Morgan fingerprint density at radius 3 is 2.47 bits per heavy atom. The lowest BCUT2D eigenvalue weighted by Gasteiger charge is -2.08. The van der Waals surface area contributed by atoms with Crippen molar-refractivity contribution in [2.45, 2.75) is 13.3 Å². The maximum absolute atomic E-state index is 12.1. The Labute approximate surface area is 124 Å². The summed E-state index contributed by atoms with van der Waals surface area (Å²) in [6.45, 7) is 1.80. The molecule has 0 radical (unpaired) electrons. The first-order valence-corrected chi connectivity index (χ1v) is 7.61. The zero-order valence-corrected chi connectivity index (χ0v) is 12.8. The Morgan fingerprint density at radius 2 is 1.89 bits per heavy atom. The van der Waals surface area contributed by atoms with Gasteiger partial charge in [0.25, 0.3) is 0 Å². The molecule has 1 aromatic carbocycles. The Balaban J connectivity index is 2.02. The third kappa shape index (κ3) is 3.61. The molecule has 0 bridgehead atoms. The van der Waals surface area contributed by atoms with Gasteiger partial charge in [0.05, 0.1) is 4.88 Å². The molecule has 0 spiro atoms. The van der Waals surface area contributed by atoms with Crippen LogP contribution >= 0.6 is 27.3 Å². The van der Waals surface area contributed by atoms with Crippen LogP contribution in [0.3, 0.4) is 0 Å². The summed E-state index contributed by atoms with van der Waals surface area (Å²) in [5.41, 5.74) is 0.647. The molecule has 0 saturated carbocycles. The fourth-order valence-corrected chi connectivity index (χ4v) is 2.83. The Hall–Kier alpha value is -1.26. The van der Waals surface area contributed by atoms with E-state index in [0.717, 1.165) is 9.35 Å². The Morgan fingerprint density at radius 1 is 1.21 bits per heavy atom. The number of thiophene rings is 1. The monoisotopic (exact) mass is 336 g/mol. The topological polar surface area (TPSA) is 34.1 Å². The molecule has 4 heteroatoms. The van der Waals surface area contributed by atoms with Crippen LogP contribution in [0.25, 0.3) is 0 Å². The molecule has 2 rings (SSSR count). The highest BCUT2D eigenvalue weighted by molar-refractivity contribution is 9.10. The number of ketones is 2. The van der Waals surface area contributed by atoms with E-state index in [-0.39, 0.29) is 23.9 Å². The zero-order chi connectivity index (χ0) is 13.8. The van der Waals surface area contributed by atoms with E-state index >= 15 is 0 Å². The predicted molar refractivity (Wildman–Crippen MR) is 80.9 cm³/mol. The van der Waals surface area contributed by atoms with E-state index in [1.54, 1.807) is 25.1 Å². The molecule has 98 valence electrons. The van der Waals surface area contributed by atoms with Gasteiger partial charge in [0.15, 0.2) is 11.6 Å². The molecule has 0 amide bonds. The Kier molecular flexibility index (Phi) is 4.66. The molecule has 1 atom stereocenters. The summed E-state index contributed by atoms with van der Waals surface area (Å²) >= 11 is 4.75. The maximum Gasteiger partial charge on any atom is 0.176 e. The summed E-state index contributed by atoms with van der Waals surface area (Å²) in [5.74, 6) is -0.236. The SMILES string of the molecule is CC(CC(=O)c1ccc(Br)cc1)C(=O)c1cccs1. The first-order valence-electron chi connectivity index (χ1n) is 5.94. The van der Waals surface area contributed by atoms with E-state index in [4.69, 9.17) is 0 Å². The molecule has 19 heavy (non-hydrogen) atoms. The summed E-state index contributed by atoms with van der Waals surface area (Å²) < 4.78 is 0.937. The van der Waals surface area contributed by atoms with Crippen LogP contribution in [0.1, 0.15) is 33.4 Å². The number of benzene rings is 1. The van der Waals surface area contributed by atoms with E-state index < -0.39 is 0 Å². The predicted octanol–water partition coefficient (Wildman–Crippen LogP) is 4.60. The fourth-order valence-electron chi connectivity index (χ4n) is 1.79. The third-order valence-electron chi connectivity index (χ3n) is 2.87. The highest BCUT2D eigenvalue weighted by atomic mass is 79.9. The van der Waals surface area contributed by atoms with Gasteiger partial charge in [-0.05, 0) is 23.6 Å². The summed E-state index contributed by atoms with van der Waals surface area (Å²) in [7, 11) is 0. The molecule has 0 aliphatic carbocycles. The Bertz CT molecular complexity index is 573. The number of hydrogen-bond donors (Lipinski definition) is 0. The summed E-state index contributed by atoms with van der Waals surface area (Å²) in [5, 5.41) is 1.87. The van der Waals surface area contributed by atoms with Crippen molar-refractivity contribution in [3.8, 4) is 0 Å². The van der Waals surface area contributed by atoms with Gasteiger partial charge in [-0.1, -0.05) is 41.1 Å².